The average Bonchev–Trinajstić information content (AvgIpc) is 3.16. The number of aromatic nitrogens is 1. The highest BCUT2D eigenvalue weighted by atomic mass is 35.5. The summed E-state index contributed by atoms with van der Waals surface area (Å²) in [5.41, 5.74) is 8.25. The highest BCUT2D eigenvalue weighted by Gasteiger charge is 2.28. The summed E-state index contributed by atoms with van der Waals surface area (Å²) in [6.45, 7) is 7.14. The second-order valence-corrected chi connectivity index (χ2v) is 11.3. The molecule has 0 atom stereocenters. The van der Waals surface area contributed by atoms with Gasteiger partial charge in [-0.15, -0.1) is 0 Å². The van der Waals surface area contributed by atoms with Gasteiger partial charge in [0.2, 0.25) is 0 Å². The molecule has 1 aromatic heterocycles. The van der Waals surface area contributed by atoms with Crippen LogP contribution < -0.4 is 9.73 Å². The Hall–Kier alpha value is -3.88. The molecule has 0 radical (unpaired) electrons. The van der Waals surface area contributed by atoms with Gasteiger partial charge in [0, 0.05) is 27.7 Å². The summed E-state index contributed by atoms with van der Waals surface area (Å²) in [5, 5.41) is 4.59. The molecule has 3 aromatic carbocycles. The molecule has 0 aliphatic rings. The first kappa shape index (κ1) is 27.2. The number of para-hydroxylation sites is 1. The van der Waals surface area contributed by atoms with E-state index in [1.54, 1.807) is 43.5 Å². The van der Waals surface area contributed by atoms with Crippen molar-refractivity contribution in [1.29, 1.82) is 0 Å². The first-order valence-corrected chi connectivity index (χ1v) is 13.8. The molecule has 38 heavy (non-hydrogen) atoms. The maximum Gasteiger partial charge on any atom is 0.264 e. The maximum absolute atomic E-state index is 13.6. The lowest BCUT2D eigenvalue weighted by atomic mass is 10.2. The van der Waals surface area contributed by atoms with Gasteiger partial charge in [-0.25, -0.2) is 13.8 Å². The minimum absolute atomic E-state index is 0.0853. The lowest BCUT2D eigenvalue weighted by Crippen LogP contribution is -2.40. The molecule has 1 heterocycles. The number of hydrogen-bond acceptors (Lipinski definition) is 4. The number of sulfonamides is 1. The molecule has 0 saturated heterocycles. The normalized spacial score (nSPS) is 11.6. The molecule has 4 rings (SSSR count). The predicted octanol–water partition coefficient (Wildman–Crippen LogP) is 5.71. The van der Waals surface area contributed by atoms with E-state index in [4.69, 9.17) is 11.6 Å². The van der Waals surface area contributed by atoms with E-state index in [0.717, 1.165) is 32.5 Å². The van der Waals surface area contributed by atoms with Crippen LogP contribution in [-0.4, -0.2) is 31.7 Å². The van der Waals surface area contributed by atoms with Gasteiger partial charge in [0.15, 0.2) is 0 Å². The fourth-order valence-corrected chi connectivity index (χ4v) is 5.98. The van der Waals surface area contributed by atoms with Crippen LogP contribution >= 0.6 is 11.6 Å². The van der Waals surface area contributed by atoms with Crippen molar-refractivity contribution in [3.05, 3.63) is 112 Å². The van der Waals surface area contributed by atoms with Crippen LogP contribution in [0.5, 0.6) is 0 Å². The van der Waals surface area contributed by atoms with Crippen molar-refractivity contribution in [3.63, 3.8) is 0 Å². The molecule has 0 aliphatic heterocycles. The highest BCUT2D eigenvalue weighted by molar-refractivity contribution is 7.92. The molecule has 7 nitrogen and oxygen atoms in total. The molecule has 196 valence electrons. The van der Waals surface area contributed by atoms with Crippen LogP contribution in [0.15, 0.2) is 88.9 Å². The number of rotatable bonds is 8. The Bertz CT molecular complexity index is 1600. The van der Waals surface area contributed by atoms with Gasteiger partial charge in [-0.3, -0.25) is 9.10 Å². The summed E-state index contributed by atoms with van der Waals surface area (Å²) in [5.74, 6) is -0.580. The van der Waals surface area contributed by atoms with E-state index in [-0.39, 0.29) is 4.90 Å². The molecule has 0 aliphatic carbocycles. The number of hydrogen-bond donors (Lipinski definition) is 1. The van der Waals surface area contributed by atoms with E-state index < -0.39 is 22.5 Å². The quantitative estimate of drug-likeness (QED) is 0.226. The topological polar surface area (TPSA) is 83.8 Å². The maximum atomic E-state index is 13.6. The molecule has 0 spiro atoms. The average molecular weight is 549 g/mol. The van der Waals surface area contributed by atoms with Crippen molar-refractivity contribution in [2.45, 2.75) is 32.6 Å². The smallest absolute Gasteiger partial charge is 0.264 e. The first-order valence-electron chi connectivity index (χ1n) is 12.0. The Labute approximate surface area is 228 Å². The summed E-state index contributed by atoms with van der Waals surface area (Å²) >= 11 is 6.10. The second kappa shape index (κ2) is 11.2. The molecule has 0 bridgehead atoms. The summed E-state index contributed by atoms with van der Waals surface area (Å²) in [6, 6.07) is 23.3. The zero-order valence-corrected chi connectivity index (χ0v) is 23.2. The Morgan fingerprint density at radius 2 is 1.66 bits per heavy atom. The van der Waals surface area contributed by atoms with E-state index in [1.807, 2.05) is 57.2 Å². The lowest BCUT2D eigenvalue weighted by Gasteiger charge is -2.25. The standard InChI is InChI=1S/C29H29ClN4O3S/c1-20-10-13-27(14-11-20)38(36,37)33(28-15-12-25(30)16-21(28)2)19-29(35)32-31-18-24-17-22(3)34(23(24)4)26-8-6-5-7-9-26/h5-18H,19H2,1-4H3,(H,32,35)/b31-18+. The van der Waals surface area contributed by atoms with Crippen molar-refractivity contribution in [1.82, 2.24) is 9.99 Å². The summed E-state index contributed by atoms with van der Waals surface area (Å²) in [7, 11) is -4.04. The van der Waals surface area contributed by atoms with Crippen LogP contribution in [0.2, 0.25) is 5.02 Å². The fourth-order valence-electron chi connectivity index (χ4n) is 4.27. The van der Waals surface area contributed by atoms with Crippen molar-refractivity contribution < 1.29 is 13.2 Å². The lowest BCUT2D eigenvalue weighted by molar-refractivity contribution is -0.119. The van der Waals surface area contributed by atoms with E-state index in [9.17, 15) is 13.2 Å². The number of nitrogens with one attached hydrogen (secondary N) is 1. The molecule has 4 aromatic rings. The zero-order valence-electron chi connectivity index (χ0n) is 21.6. The van der Waals surface area contributed by atoms with E-state index in [1.165, 1.54) is 12.1 Å². The number of aryl methyl sites for hydroxylation is 3. The number of anilines is 1. The molecule has 9 heteroatoms. The molecule has 0 fully saturated rings. The van der Waals surface area contributed by atoms with Gasteiger partial charge in [-0.05, 0) is 81.8 Å². The van der Waals surface area contributed by atoms with Crippen molar-refractivity contribution in [2.75, 3.05) is 10.8 Å². The Balaban J connectivity index is 1.58. The van der Waals surface area contributed by atoms with E-state index >= 15 is 0 Å². The van der Waals surface area contributed by atoms with Gasteiger partial charge in [0.05, 0.1) is 16.8 Å². The van der Waals surface area contributed by atoms with E-state index in [2.05, 4.69) is 15.1 Å². The van der Waals surface area contributed by atoms with Crippen molar-refractivity contribution >= 4 is 39.4 Å². The number of hydrazone groups is 1. The minimum Gasteiger partial charge on any atom is -0.318 e. The molecule has 1 N–H and O–H groups in total. The Morgan fingerprint density at radius 3 is 2.32 bits per heavy atom. The van der Waals surface area contributed by atoms with Gasteiger partial charge in [-0.2, -0.15) is 5.10 Å². The van der Waals surface area contributed by atoms with Crippen molar-refractivity contribution in [3.8, 4) is 5.69 Å². The number of amides is 1. The molecule has 1 amide bonds. The van der Waals surface area contributed by atoms with Crippen molar-refractivity contribution in [2.24, 2.45) is 5.10 Å². The van der Waals surface area contributed by atoms with Crippen LogP contribution in [0.3, 0.4) is 0 Å². The third kappa shape index (κ3) is 5.82. The van der Waals surface area contributed by atoms with Crippen LogP contribution in [0, 0.1) is 27.7 Å². The number of carbonyl (C=O) groups excluding carboxylic acids is 1. The summed E-state index contributed by atoms with van der Waals surface area (Å²) in [6.07, 6.45) is 1.56. The van der Waals surface area contributed by atoms with Gasteiger partial charge in [0.25, 0.3) is 15.9 Å². The fraction of sp³-hybridized carbons (Fsp3) is 0.172. The van der Waals surface area contributed by atoms with Crippen LogP contribution in [-0.2, 0) is 14.8 Å². The third-order valence-corrected chi connectivity index (χ3v) is 8.21. The number of carbonyl (C=O) groups is 1. The molecular formula is C29H29ClN4O3S. The van der Waals surface area contributed by atoms with Crippen LogP contribution in [0.4, 0.5) is 5.69 Å². The number of nitrogens with zero attached hydrogens (tertiary/aromatic N) is 3. The molecule has 0 unspecified atom stereocenters. The first-order chi connectivity index (χ1) is 18.1. The monoisotopic (exact) mass is 548 g/mol. The summed E-state index contributed by atoms with van der Waals surface area (Å²) in [4.78, 5) is 13.0. The van der Waals surface area contributed by atoms with E-state index in [0.29, 0.717) is 16.3 Å². The minimum atomic E-state index is -4.04. The van der Waals surface area contributed by atoms with Gasteiger partial charge in [0.1, 0.15) is 6.54 Å². The van der Waals surface area contributed by atoms with Crippen LogP contribution in [0.1, 0.15) is 28.1 Å². The van der Waals surface area contributed by atoms with Gasteiger partial charge < -0.3 is 4.57 Å². The van der Waals surface area contributed by atoms with Crippen LogP contribution in [0.25, 0.3) is 5.69 Å². The number of halogens is 1. The third-order valence-electron chi connectivity index (χ3n) is 6.20. The largest absolute Gasteiger partial charge is 0.318 e. The van der Waals surface area contributed by atoms with Gasteiger partial charge in [-0.1, -0.05) is 47.5 Å². The number of benzene rings is 3. The Kier molecular flexibility index (Phi) is 8.04. The molecular weight excluding hydrogens is 520 g/mol. The SMILES string of the molecule is Cc1ccc(S(=O)(=O)N(CC(=O)N/N=C/c2cc(C)n(-c3ccccc3)c2C)c2ccc(Cl)cc2C)cc1. The zero-order chi connectivity index (χ0) is 27.4. The highest BCUT2D eigenvalue weighted by Crippen LogP contribution is 2.29. The second-order valence-electron chi connectivity index (χ2n) is 9.05. The summed E-state index contributed by atoms with van der Waals surface area (Å²) < 4.78 is 30.4. The van der Waals surface area contributed by atoms with Gasteiger partial charge >= 0.3 is 0 Å². The predicted molar refractivity (Wildman–Crippen MR) is 153 cm³/mol. The Morgan fingerprint density at radius 1 is 0.974 bits per heavy atom. The molecule has 0 saturated carbocycles.